The number of hydrogen-bond donors (Lipinski definition) is 0. The van der Waals surface area contributed by atoms with Gasteiger partial charge in [-0.3, -0.25) is 4.79 Å². The van der Waals surface area contributed by atoms with Gasteiger partial charge in [-0.25, -0.2) is 0 Å². The van der Waals surface area contributed by atoms with Gasteiger partial charge in [0.1, 0.15) is 11.5 Å². The second-order valence-electron chi connectivity index (χ2n) is 7.49. The lowest BCUT2D eigenvalue weighted by Gasteiger charge is -2.30. The molecule has 2 aromatic carbocycles. The third kappa shape index (κ3) is 4.97. The third-order valence-corrected chi connectivity index (χ3v) is 5.06. The fraction of sp³-hybridized carbons (Fsp3) is 0.348. The van der Waals surface area contributed by atoms with Crippen LogP contribution in [-0.4, -0.2) is 40.6 Å². The lowest BCUT2D eigenvalue weighted by molar-refractivity contribution is -0.135. The molecule has 0 N–H and O–H groups in total. The normalized spacial score (nSPS) is 16.3. The van der Waals surface area contributed by atoms with Crippen LogP contribution in [0.2, 0.25) is 0 Å². The van der Waals surface area contributed by atoms with E-state index in [1.165, 1.54) is 6.42 Å². The molecule has 0 aliphatic carbocycles. The van der Waals surface area contributed by atoms with E-state index in [9.17, 15) is 4.79 Å². The van der Waals surface area contributed by atoms with Crippen molar-refractivity contribution < 1.29 is 18.8 Å². The van der Waals surface area contributed by atoms with E-state index < -0.39 is 0 Å². The van der Waals surface area contributed by atoms with Crippen molar-refractivity contribution in [2.45, 2.75) is 26.4 Å². The number of nitrogens with zero attached hydrogens (tertiary/aromatic N) is 3. The van der Waals surface area contributed by atoms with E-state index >= 15 is 0 Å². The molecule has 0 spiro atoms. The van der Waals surface area contributed by atoms with E-state index in [0.717, 1.165) is 25.3 Å². The number of carbonyl (C=O) groups is 1. The van der Waals surface area contributed by atoms with E-state index in [0.29, 0.717) is 28.9 Å². The number of likely N-dealkylation sites (tertiary alicyclic amines) is 1. The maximum atomic E-state index is 12.5. The Hall–Kier alpha value is -3.35. The average Bonchev–Trinajstić information content (AvgIpc) is 3.26. The Morgan fingerprint density at radius 1 is 1.13 bits per heavy atom. The molecule has 2 heterocycles. The monoisotopic (exact) mass is 407 g/mol. The predicted molar refractivity (Wildman–Crippen MR) is 111 cm³/mol. The molecule has 7 heteroatoms. The minimum absolute atomic E-state index is 0.00131. The summed E-state index contributed by atoms with van der Waals surface area (Å²) < 4.78 is 16.8. The number of rotatable bonds is 7. The van der Waals surface area contributed by atoms with E-state index in [-0.39, 0.29) is 19.1 Å². The van der Waals surface area contributed by atoms with Crippen molar-refractivity contribution in [3.8, 4) is 22.9 Å². The highest BCUT2D eigenvalue weighted by Gasteiger charge is 2.22. The molecule has 0 bridgehead atoms. The summed E-state index contributed by atoms with van der Waals surface area (Å²) in [4.78, 5) is 18.8. The molecule has 30 heavy (non-hydrogen) atoms. The van der Waals surface area contributed by atoms with Crippen LogP contribution in [0.3, 0.4) is 0 Å². The number of ether oxygens (including phenoxy) is 2. The SMILES string of the molecule is CC1CCCN(C(=O)COc2ccccc2-c2noc(COc3ccccc3)n2)C1. The Balaban J connectivity index is 1.39. The molecule has 1 saturated heterocycles. The second-order valence-corrected chi connectivity index (χ2v) is 7.49. The van der Waals surface area contributed by atoms with Gasteiger partial charge in [0.2, 0.25) is 5.82 Å². The van der Waals surface area contributed by atoms with Crippen LogP contribution in [0.1, 0.15) is 25.7 Å². The molecule has 1 aromatic heterocycles. The molecule has 1 amide bonds. The van der Waals surface area contributed by atoms with Crippen LogP contribution < -0.4 is 9.47 Å². The fourth-order valence-electron chi connectivity index (χ4n) is 3.51. The number of carbonyl (C=O) groups excluding carboxylic acids is 1. The van der Waals surface area contributed by atoms with Crippen molar-refractivity contribution in [1.29, 1.82) is 0 Å². The van der Waals surface area contributed by atoms with Crippen molar-refractivity contribution >= 4 is 5.91 Å². The first-order valence-corrected chi connectivity index (χ1v) is 10.2. The van der Waals surface area contributed by atoms with E-state index in [2.05, 4.69) is 17.1 Å². The van der Waals surface area contributed by atoms with E-state index in [1.54, 1.807) is 6.07 Å². The Morgan fingerprint density at radius 3 is 2.77 bits per heavy atom. The zero-order valence-electron chi connectivity index (χ0n) is 17.0. The number of para-hydroxylation sites is 2. The third-order valence-electron chi connectivity index (χ3n) is 5.06. The predicted octanol–water partition coefficient (Wildman–Crippen LogP) is 3.95. The fourth-order valence-corrected chi connectivity index (χ4v) is 3.51. The topological polar surface area (TPSA) is 77.7 Å². The van der Waals surface area contributed by atoms with Gasteiger partial charge in [0.25, 0.3) is 11.8 Å². The van der Waals surface area contributed by atoms with Crippen LogP contribution in [0.15, 0.2) is 59.1 Å². The summed E-state index contributed by atoms with van der Waals surface area (Å²) in [5.41, 5.74) is 0.673. The smallest absolute Gasteiger partial charge is 0.264 e. The zero-order valence-corrected chi connectivity index (χ0v) is 17.0. The molecule has 1 aliphatic rings. The number of benzene rings is 2. The quantitative estimate of drug-likeness (QED) is 0.590. The van der Waals surface area contributed by atoms with Gasteiger partial charge in [0.05, 0.1) is 5.56 Å². The molecule has 1 aliphatic heterocycles. The molecule has 0 saturated carbocycles. The largest absolute Gasteiger partial charge is 0.484 e. The van der Waals surface area contributed by atoms with Crippen molar-refractivity contribution in [1.82, 2.24) is 15.0 Å². The van der Waals surface area contributed by atoms with Gasteiger partial charge in [-0.2, -0.15) is 4.98 Å². The zero-order chi connectivity index (χ0) is 20.8. The van der Waals surface area contributed by atoms with E-state index in [4.69, 9.17) is 14.0 Å². The Bertz CT molecular complexity index is 973. The van der Waals surface area contributed by atoms with Crippen molar-refractivity contribution in [3.63, 3.8) is 0 Å². The van der Waals surface area contributed by atoms with Crippen LogP contribution in [-0.2, 0) is 11.4 Å². The van der Waals surface area contributed by atoms with Crippen molar-refractivity contribution in [2.75, 3.05) is 19.7 Å². The Morgan fingerprint density at radius 2 is 1.93 bits per heavy atom. The molecule has 1 fully saturated rings. The second kappa shape index (κ2) is 9.43. The molecule has 1 atom stereocenters. The van der Waals surface area contributed by atoms with Gasteiger partial charge in [-0.15, -0.1) is 0 Å². The van der Waals surface area contributed by atoms with Crippen LogP contribution in [0, 0.1) is 5.92 Å². The molecule has 3 aromatic rings. The van der Waals surface area contributed by atoms with Gasteiger partial charge >= 0.3 is 0 Å². The van der Waals surface area contributed by atoms with Crippen molar-refractivity contribution in [3.05, 3.63) is 60.5 Å². The highest BCUT2D eigenvalue weighted by Crippen LogP contribution is 2.28. The maximum absolute atomic E-state index is 12.5. The minimum Gasteiger partial charge on any atom is -0.484 e. The Labute approximate surface area is 175 Å². The van der Waals surface area contributed by atoms with Crippen molar-refractivity contribution in [2.24, 2.45) is 5.92 Å². The summed E-state index contributed by atoms with van der Waals surface area (Å²) in [5.74, 6) is 2.57. The lowest BCUT2D eigenvalue weighted by atomic mass is 10.0. The standard InChI is InChI=1S/C23H25N3O4/c1-17-8-7-13-26(14-17)22(27)16-29-20-12-6-5-11-19(20)23-24-21(30-25-23)15-28-18-9-3-2-4-10-18/h2-6,9-12,17H,7-8,13-16H2,1H3. The first-order valence-electron chi connectivity index (χ1n) is 10.2. The number of aromatic nitrogens is 2. The molecule has 4 rings (SSSR count). The highest BCUT2D eigenvalue weighted by molar-refractivity contribution is 5.78. The number of hydrogen-bond acceptors (Lipinski definition) is 6. The molecule has 0 radical (unpaired) electrons. The van der Waals surface area contributed by atoms with Gasteiger partial charge < -0.3 is 18.9 Å². The summed E-state index contributed by atoms with van der Waals surface area (Å²) in [7, 11) is 0. The summed E-state index contributed by atoms with van der Waals surface area (Å²) in [6.07, 6.45) is 2.21. The van der Waals surface area contributed by atoms with Gasteiger partial charge in [-0.05, 0) is 43.0 Å². The van der Waals surface area contributed by atoms with Gasteiger partial charge in [-0.1, -0.05) is 42.4 Å². The molecular formula is C23H25N3O4. The highest BCUT2D eigenvalue weighted by atomic mass is 16.5. The number of piperidine rings is 1. The minimum atomic E-state index is -0.00837. The maximum Gasteiger partial charge on any atom is 0.264 e. The summed E-state index contributed by atoms with van der Waals surface area (Å²) >= 11 is 0. The lowest BCUT2D eigenvalue weighted by Crippen LogP contribution is -2.41. The van der Waals surface area contributed by atoms with Gasteiger partial charge in [0, 0.05) is 13.1 Å². The van der Waals surface area contributed by atoms with Crippen LogP contribution in [0.4, 0.5) is 0 Å². The Kier molecular flexibility index (Phi) is 6.27. The molecule has 156 valence electrons. The molecule has 1 unspecified atom stereocenters. The van der Waals surface area contributed by atoms with Crippen LogP contribution in [0.5, 0.6) is 11.5 Å². The van der Waals surface area contributed by atoms with Gasteiger partial charge in [0.15, 0.2) is 13.2 Å². The average molecular weight is 407 g/mol. The summed E-state index contributed by atoms with van der Waals surface area (Å²) in [6.45, 7) is 3.92. The van der Waals surface area contributed by atoms with Crippen LogP contribution in [0.25, 0.3) is 11.4 Å². The van der Waals surface area contributed by atoms with E-state index in [1.807, 2.05) is 53.4 Å². The van der Waals surface area contributed by atoms with Crippen LogP contribution >= 0.6 is 0 Å². The summed E-state index contributed by atoms with van der Waals surface area (Å²) in [5, 5.41) is 4.04. The summed E-state index contributed by atoms with van der Waals surface area (Å²) in [6, 6.07) is 16.8. The molecule has 7 nitrogen and oxygen atoms in total. The first kappa shape index (κ1) is 19.9. The number of amides is 1. The first-order chi connectivity index (χ1) is 14.7. The molecular weight excluding hydrogens is 382 g/mol.